The number of hydroxylamine groups is 3. The first-order valence-corrected chi connectivity index (χ1v) is 9.84. The molecule has 0 aliphatic carbocycles. The van der Waals surface area contributed by atoms with E-state index in [4.69, 9.17) is 9.57 Å². The van der Waals surface area contributed by atoms with Gasteiger partial charge in [0.05, 0.1) is 12.6 Å². The molecule has 0 aromatic carbocycles. The maximum atomic E-state index is 12.4. The minimum atomic E-state index is -0.634. The molecule has 3 aliphatic heterocycles. The van der Waals surface area contributed by atoms with Crippen molar-refractivity contribution in [3.8, 4) is 0 Å². The van der Waals surface area contributed by atoms with Gasteiger partial charge in [0.2, 0.25) is 0 Å². The topological polar surface area (TPSA) is 112 Å². The first-order chi connectivity index (χ1) is 13.2. The summed E-state index contributed by atoms with van der Waals surface area (Å²) in [6.45, 7) is 7.29. The van der Waals surface area contributed by atoms with Crippen LogP contribution in [-0.2, 0) is 14.4 Å². The molecule has 28 heavy (non-hydrogen) atoms. The summed E-state index contributed by atoms with van der Waals surface area (Å²) in [4.78, 5) is 45.0. The summed E-state index contributed by atoms with van der Waals surface area (Å²) >= 11 is 0. The molecule has 3 saturated heterocycles. The third-order valence-corrected chi connectivity index (χ3v) is 5.31. The van der Waals surface area contributed by atoms with Gasteiger partial charge < -0.3 is 14.5 Å². The van der Waals surface area contributed by atoms with Crippen molar-refractivity contribution in [2.75, 3.05) is 26.2 Å². The van der Waals surface area contributed by atoms with E-state index in [2.05, 4.69) is 5.48 Å². The Bertz CT molecular complexity index is 622. The number of hydrogen-bond donors (Lipinski definition) is 2. The van der Waals surface area contributed by atoms with E-state index in [0.29, 0.717) is 37.5 Å². The number of hydrogen-bond acceptors (Lipinski definition) is 6. The van der Waals surface area contributed by atoms with E-state index < -0.39 is 17.7 Å². The Morgan fingerprint density at radius 3 is 2.68 bits per heavy atom. The van der Waals surface area contributed by atoms with Crippen LogP contribution in [0.15, 0.2) is 0 Å². The molecule has 3 heterocycles. The fourth-order valence-electron chi connectivity index (χ4n) is 3.92. The summed E-state index contributed by atoms with van der Waals surface area (Å²) in [5.41, 5.74) is 1.90. The van der Waals surface area contributed by atoms with Crippen molar-refractivity contribution in [2.24, 2.45) is 5.92 Å². The summed E-state index contributed by atoms with van der Waals surface area (Å²) < 4.78 is 5.41. The van der Waals surface area contributed by atoms with Gasteiger partial charge in [0.25, 0.3) is 5.91 Å². The lowest BCUT2D eigenvalue weighted by atomic mass is 9.99. The van der Waals surface area contributed by atoms with Gasteiger partial charge in [-0.2, -0.15) is 0 Å². The smallest absolute Gasteiger partial charge is 0.410 e. The predicted molar refractivity (Wildman–Crippen MR) is 97.2 cm³/mol. The van der Waals surface area contributed by atoms with Gasteiger partial charge in [0, 0.05) is 25.6 Å². The summed E-state index contributed by atoms with van der Waals surface area (Å²) in [6.07, 6.45) is 2.46. The second-order valence-corrected chi connectivity index (χ2v) is 8.74. The summed E-state index contributed by atoms with van der Waals surface area (Å²) in [7, 11) is 0. The summed E-state index contributed by atoms with van der Waals surface area (Å²) in [5.74, 6) is -0.291. The highest BCUT2D eigenvalue weighted by atomic mass is 16.7. The number of amides is 4. The third-order valence-electron chi connectivity index (χ3n) is 5.31. The van der Waals surface area contributed by atoms with Gasteiger partial charge >= 0.3 is 12.1 Å². The average molecular weight is 398 g/mol. The minimum absolute atomic E-state index is 0.0960. The van der Waals surface area contributed by atoms with Crippen LogP contribution >= 0.6 is 0 Å². The molecule has 158 valence electrons. The number of nitrogens with zero attached hydrogens (tertiary/aromatic N) is 3. The van der Waals surface area contributed by atoms with Gasteiger partial charge in [-0.15, -0.1) is 0 Å². The van der Waals surface area contributed by atoms with Crippen LogP contribution in [0.25, 0.3) is 0 Å². The molecular weight excluding hydrogens is 368 g/mol. The fourth-order valence-corrected chi connectivity index (χ4v) is 3.92. The molecule has 3 fully saturated rings. The first kappa shape index (κ1) is 20.7. The fraction of sp³-hybridized carbons (Fsp3) is 0.833. The number of nitrogens with one attached hydrogen (secondary N) is 1. The lowest BCUT2D eigenvalue weighted by Gasteiger charge is -2.34. The Balaban J connectivity index is 1.43. The highest BCUT2D eigenvalue weighted by Crippen LogP contribution is 2.28. The van der Waals surface area contributed by atoms with Crippen LogP contribution in [0.5, 0.6) is 0 Å². The lowest BCUT2D eigenvalue weighted by molar-refractivity contribution is -0.140. The van der Waals surface area contributed by atoms with Crippen molar-refractivity contribution in [1.82, 2.24) is 20.3 Å². The molecule has 0 aromatic rings. The van der Waals surface area contributed by atoms with Crippen LogP contribution in [0, 0.1) is 5.92 Å². The predicted octanol–water partition coefficient (Wildman–Crippen LogP) is 1.34. The highest BCUT2D eigenvalue weighted by Gasteiger charge is 2.46. The molecule has 3 atom stereocenters. The van der Waals surface area contributed by atoms with Crippen LogP contribution in [0.1, 0.15) is 46.5 Å². The molecule has 0 spiro atoms. The van der Waals surface area contributed by atoms with Gasteiger partial charge in [-0.1, -0.05) is 0 Å². The molecule has 0 unspecified atom stereocenters. The largest absolute Gasteiger partial charge is 0.444 e. The van der Waals surface area contributed by atoms with Gasteiger partial charge in [0.15, 0.2) is 0 Å². The molecule has 10 nitrogen and oxygen atoms in total. The molecule has 4 amide bonds. The van der Waals surface area contributed by atoms with Crippen LogP contribution in [0.2, 0.25) is 0 Å². The van der Waals surface area contributed by atoms with Crippen molar-refractivity contribution in [2.45, 2.75) is 64.1 Å². The molecule has 2 N–H and O–H groups in total. The number of piperidine rings is 2. The highest BCUT2D eigenvalue weighted by molar-refractivity contribution is 5.87. The average Bonchev–Trinajstić information content (AvgIpc) is 2.85. The van der Waals surface area contributed by atoms with E-state index in [0.717, 1.165) is 12.8 Å². The number of urea groups is 1. The monoisotopic (exact) mass is 398 g/mol. The number of carbonyl (C=O) groups is 3. The van der Waals surface area contributed by atoms with Crippen molar-refractivity contribution < 1.29 is 29.2 Å². The van der Waals surface area contributed by atoms with E-state index in [1.165, 1.54) is 4.90 Å². The van der Waals surface area contributed by atoms with Crippen molar-refractivity contribution >= 4 is 18.0 Å². The zero-order valence-corrected chi connectivity index (χ0v) is 16.7. The second-order valence-electron chi connectivity index (χ2n) is 8.74. The van der Waals surface area contributed by atoms with E-state index in [-0.39, 0.29) is 30.6 Å². The zero-order valence-electron chi connectivity index (χ0n) is 16.7. The van der Waals surface area contributed by atoms with Gasteiger partial charge in [0.1, 0.15) is 11.6 Å². The number of ether oxygens (including phenoxy) is 1. The molecule has 3 rings (SSSR count). The number of rotatable bonds is 4. The van der Waals surface area contributed by atoms with Gasteiger partial charge in [-0.25, -0.2) is 20.1 Å². The van der Waals surface area contributed by atoms with Gasteiger partial charge in [-0.05, 0) is 46.5 Å². The first-order valence-electron chi connectivity index (χ1n) is 9.84. The van der Waals surface area contributed by atoms with E-state index in [1.807, 2.05) is 20.8 Å². The normalized spacial score (nSPS) is 27.8. The van der Waals surface area contributed by atoms with E-state index in [9.17, 15) is 19.6 Å². The molecule has 0 saturated carbocycles. The second kappa shape index (κ2) is 8.12. The Labute approximate surface area is 164 Å². The van der Waals surface area contributed by atoms with E-state index >= 15 is 0 Å². The minimum Gasteiger partial charge on any atom is -0.444 e. The Kier molecular flexibility index (Phi) is 5.99. The van der Waals surface area contributed by atoms with Crippen LogP contribution in [0.4, 0.5) is 9.59 Å². The van der Waals surface area contributed by atoms with Crippen molar-refractivity contribution in [3.63, 3.8) is 0 Å². The summed E-state index contributed by atoms with van der Waals surface area (Å²) in [5, 5.41) is 10.4. The molecule has 0 aromatic heterocycles. The number of carbonyl (C=O) groups excluding carboxylic acids is 3. The van der Waals surface area contributed by atoms with E-state index in [1.54, 1.807) is 4.90 Å². The Morgan fingerprint density at radius 2 is 1.96 bits per heavy atom. The lowest BCUT2D eigenvalue weighted by Crippen LogP contribution is -2.50. The third kappa shape index (κ3) is 4.67. The molecule has 0 radical (unpaired) electrons. The Morgan fingerprint density at radius 1 is 1.21 bits per heavy atom. The maximum absolute atomic E-state index is 12.4. The zero-order chi connectivity index (χ0) is 20.5. The molecular formula is C18H30N4O6. The van der Waals surface area contributed by atoms with Crippen LogP contribution in [0.3, 0.4) is 0 Å². The standard InChI is InChI=1S/C18H30N4O6/c1-18(2,3)28-17(25)20-8-4-5-12(9-20)11-27-19-15(23)14-7-6-13-10-21(14)16(24)22(13)26/h12-14,26H,4-11H2,1-3H3,(H,19,23)/t12-,13-,14+/m1/s1. The number of likely N-dealkylation sites (tertiary alicyclic amines) is 1. The number of fused-ring (bicyclic) bond motifs is 2. The van der Waals surface area contributed by atoms with Crippen LogP contribution in [-0.4, -0.2) is 82.0 Å². The quantitative estimate of drug-likeness (QED) is 0.546. The Hall–Kier alpha value is -2.07. The van der Waals surface area contributed by atoms with Crippen LogP contribution < -0.4 is 5.48 Å². The van der Waals surface area contributed by atoms with Gasteiger partial charge in [-0.3, -0.25) is 14.8 Å². The van der Waals surface area contributed by atoms with Crippen molar-refractivity contribution in [1.29, 1.82) is 0 Å². The molecule has 3 aliphatic rings. The SMILES string of the molecule is CC(C)(C)OC(=O)N1CCC[C@@H](CONC(=O)[C@@H]2CC[C@@H]3CN2C(=O)N3O)C1. The molecule has 2 bridgehead atoms. The van der Waals surface area contributed by atoms with Crippen molar-refractivity contribution in [3.05, 3.63) is 0 Å². The maximum Gasteiger partial charge on any atom is 0.410 e. The summed E-state index contributed by atoms with van der Waals surface area (Å²) in [6, 6.07) is -1.41. The molecule has 10 heteroatoms.